The molecule has 0 aliphatic heterocycles. The zero-order valence-electron chi connectivity index (χ0n) is 9.22. The number of hydrogen-bond donors (Lipinski definition) is 1. The first-order valence-electron chi connectivity index (χ1n) is 5.13. The number of aliphatic hydroxyl groups excluding tert-OH is 1. The second-order valence-electron chi connectivity index (χ2n) is 3.77. The maximum absolute atomic E-state index is 12.5. The van der Waals surface area contributed by atoms with Gasteiger partial charge in [0.15, 0.2) is 0 Å². The van der Waals surface area contributed by atoms with Gasteiger partial charge in [0, 0.05) is 25.0 Å². The summed E-state index contributed by atoms with van der Waals surface area (Å²) in [6.07, 6.45) is -0.289. The molecule has 1 unspecified atom stereocenters. The summed E-state index contributed by atoms with van der Waals surface area (Å²) in [5.74, 6) is 0.427. The Labute approximate surface area is 97.3 Å². The van der Waals surface area contributed by atoms with Crippen molar-refractivity contribution in [2.75, 3.05) is 0 Å². The minimum atomic E-state index is -2.54. The van der Waals surface area contributed by atoms with Crippen LogP contribution in [0.15, 0.2) is 36.7 Å². The van der Waals surface area contributed by atoms with Crippen molar-refractivity contribution >= 4 is 0 Å². The monoisotopic (exact) mass is 238 g/mol. The average Bonchev–Trinajstić information content (AvgIpc) is 2.74. The van der Waals surface area contributed by atoms with Crippen LogP contribution < -0.4 is 0 Å². The van der Waals surface area contributed by atoms with Crippen LogP contribution in [0.1, 0.15) is 29.5 Å². The van der Waals surface area contributed by atoms with Gasteiger partial charge in [-0.3, -0.25) is 0 Å². The first kappa shape index (κ1) is 11.7. The first-order chi connectivity index (χ1) is 8.09. The van der Waals surface area contributed by atoms with Crippen molar-refractivity contribution in [3.05, 3.63) is 53.6 Å². The molecule has 5 heteroatoms. The molecule has 0 radical (unpaired) electrons. The molecule has 90 valence electrons. The highest BCUT2D eigenvalue weighted by Crippen LogP contribution is 2.25. The van der Waals surface area contributed by atoms with Gasteiger partial charge in [-0.25, -0.2) is 13.8 Å². The van der Waals surface area contributed by atoms with Crippen LogP contribution in [0, 0.1) is 0 Å². The quantitative estimate of drug-likeness (QED) is 0.891. The third-order valence-corrected chi connectivity index (χ3v) is 2.58. The van der Waals surface area contributed by atoms with E-state index in [-0.39, 0.29) is 5.56 Å². The van der Waals surface area contributed by atoms with E-state index >= 15 is 0 Å². The van der Waals surface area contributed by atoms with Gasteiger partial charge < -0.3 is 9.67 Å². The highest BCUT2D eigenvalue weighted by Gasteiger charge is 2.16. The van der Waals surface area contributed by atoms with Gasteiger partial charge in [0.2, 0.25) is 0 Å². The van der Waals surface area contributed by atoms with Crippen LogP contribution >= 0.6 is 0 Å². The van der Waals surface area contributed by atoms with Crippen LogP contribution in [-0.2, 0) is 7.05 Å². The SMILES string of the molecule is Cn1ccnc1C(O)c1cccc(C(F)F)c1. The number of nitrogens with zero attached hydrogens (tertiary/aromatic N) is 2. The number of aryl methyl sites for hydroxylation is 1. The minimum absolute atomic E-state index is 0.101. The van der Waals surface area contributed by atoms with Crippen molar-refractivity contribution in [3.63, 3.8) is 0 Å². The zero-order chi connectivity index (χ0) is 12.4. The normalized spacial score (nSPS) is 13.0. The number of halogens is 2. The van der Waals surface area contributed by atoms with Crippen LogP contribution in [0.4, 0.5) is 8.78 Å². The zero-order valence-corrected chi connectivity index (χ0v) is 9.22. The van der Waals surface area contributed by atoms with Gasteiger partial charge in [0.05, 0.1) is 0 Å². The Bertz CT molecular complexity index is 511. The average molecular weight is 238 g/mol. The van der Waals surface area contributed by atoms with Crippen molar-refractivity contribution in [2.24, 2.45) is 7.05 Å². The Kier molecular flexibility index (Phi) is 3.19. The Morgan fingerprint density at radius 2 is 2.00 bits per heavy atom. The first-order valence-corrected chi connectivity index (χ1v) is 5.13. The van der Waals surface area contributed by atoms with Gasteiger partial charge >= 0.3 is 0 Å². The van der Waals surface area contributed by atoms with Crippen molar-refractivity contribution in [2.45, 2.75) is 12.5 Å². The molecule has 0 aliphatic carbocycles. The summed E-state index contributed by atoms with van der Waals surface area (Å²) in [5.41, 5.74) is 0.313. The summed E-state index contributed by atoms with van der Waals surface area (Å²) in [5, 5.41) is 10.0. The molecule has 0 amide bonds. The van der Waals surface area contributed by atoms with Gasteiger partial charge in [-0.05, 0) is 11.6 Å². The van der Waals surface area contributed by atoms with Gasteiger partial charge in [0.1, 0.15) is 11.9 Å². The van der Waals surface area contributed by atoms with E-state index in [0.29, 0.717) is 11.4 Å². The largest absolute Gasteiger partial charge is 0.380 e. The summed E-state index contributed by atoms with van der Waals surface area (Å²) in [6, 6.07) is 5.73. The lowest BCUT2D eigenvalue weighted by atomic mass is 10.1. The van der Waals surface area contributed by atoms with Gasteiger partial charge in [0.25, 0.3) is 6.43 Å². The Hall–Kier alpha value is -1.75. The van der Waals surface area contributed by atoms with E-state index in [1.807, 2.05) is 0 Å². The molecule has 0 saturated carbocycles. The van der Waals surface area contributed by atoms with Crippen LogP contribution in [0.5, 0.6) is 0 Å². The van der Waals surface area contributed by atoms with Gasteiger partial charge in [-0.2, -0.15) is 0 Å². The van der Waals surface area contributed by atoms with Crippen LogP contribution in [0.2, 0.25) is 0 Å². The number of aliphatic hydroxyl groups is 1. The maximum atomic E-state index is 12.5. The molecule has 1 heterocycles. The molecule has 2 rings (SSSR count). The highest BCUT2D eigenvalue weighted by atomic mass is 19.3. The van der Waals surface area contributed by atoms with Crippen molar-refractivity contribution < 1.29 is 13.9 Å². The van der Waals surface area contributed by atoms with Gasteiger partial charge in [-0.1, -0.05) is 18.2 Å². The van der Waals surface area contributed by atoms with Crippen molar-refractivity contribution in [1.82, 2.24) is 9.55 Å². The molecular formula is C12H12F2N2O. The predicted molar refractivity (Wildman–Crippen MR) is 58.7 cm³/mol. The summed E-state index contributed by atoms with van der Waals surface area (Å²) in [6.45, 7) is 0. The molecule has 1 atom stereocenters. The number of alkyl halides is 2. The Balaban J connectivity index is 2.34. The van der Waals surface area contributed by atoms with Crippen molar-refractivity contribution in [3.8, 4) is 0 Å². The van der Waals surface area contributed by atoms with E-state index in [1.54, 1.807) is 30.1 Å². The van der Waals surface area contributed by atoms with E-state index in [4.69, 9.17) is 0 Å². The Morgan fingerprint density at radius 3 is 2.59 bits per heavy atom. The molecular weight excluding hydrogens is 226 g/mol. The fourth-order valence-corrected chi connectivity index (χ4v) is 1.65. The third-order valence-electron chi connectivity index (χ3n) is 2.58. The summed E-state index contributed by atoms with van der Waals surface area (Å²) < 4.78 is 26.7. The third kappa shape index (κ3) is 2.34. The number of rotatable bonds is 3. The topological polar surface area (TPSA) is 38.0 Å². The molecule has 2 aromatic rings. The fraction of sp³-hybridized carbons (Fsp3) is 0.250. The summed E-state index contributed by atoms with van der Waals surface area (Å²) in [4.78, 5) is 3.99. The summed E-state index contributed by atoms with van der Waals surface area (Å²) in [7, 11) is 1.74. The fourth-order valence-electron chi connectivity index (χ4n) is 1.65. The van der Waals surface area contributed by atoms with E-state index in [0.717, 1.165) is 0 Å². The molecule has 17 heavy (non-hydrogen) atoms. The minimum Gasteiger partial charge on any atom is -0.380 e. The molecule has 0 bridgehead atoms. The van der Waals surface area contributed by atoms with Crippen LogP contribution in [-0.4, -0.2) is 14.7 Å². The molecule has 0 saturated heterocycles. The lowest BCUT2D eigenvalue weighted by Crippen LogP contribution is -2.07. The Morgan fingerprint density at radius 1 is 1.29 bits per heavy atom. The molecule has 0 fully saturated rings. The molecule has 1 aromatic carbocycles. The predicted octanol–water partition coefficient (Wildman–Crippen LogP) is 2.44. The lowest BCUT2D eigenvalue weighted by Gasteiger charge is -2.12. The standard InChI is InChI=1S/C12H12F2N2O/c1-16-6-5-15-12(16)10(17)8-3-2-4-9(7-8)11(13)14/h2-7,10-11,17H,1H3. The molecule has 1 aromatic heterocycles. The van der Waals surface area contributed by atoms with Crippen molar-refractivity contribution in [1.29, 1.82) is 0 Å². The molecule has 3 nitrogen and oxygen atoms in total. The molecule has 0 aliphatic rings. The summed E-state index contributed by atoms with van der Waals surface area (Å²) >= 11 is 0. The number of aromatic nitrogens is 2. The highest BCUT2D eigenvalue weighted by molar-refractivity contribution is 5.29. The van der Waals surface area contributed by atoms with E-state index in [9.17, 15) is 13.9 Å². The van der Waals surface area contributed by atoms with Crippen LogP contribution in [0.3, 0.4) is 0 Å². The second kappa shape index (κ2) is 4.63. The van der Waals surface area contributed by atoms with Crippen LogP contribution in [0.25, 0.3) is 0 Å². The van der Waals surface area contributed by atoms with E-state index in [2.05, 4.69) is 4.98 Å². The van der Waals surface area contributed by atoms with E-state index in [1.165, 1.54) is 18.2 Å². The molecule has 0 spiro atoms. The maximum Gasteiger partial charge on any atom is 0.263 e. The second-order valence-corrected chi connectivity index (χ2v) is 3.77. The smallest absolute Gasteiger partial charge is 0.263 e. The number of imidazole rings is 1. The molecule has 1 N–H and O–H groups in total. The number of hydrogen-bond acceptors (Lipinski definition) is 2. The van der Waals surface area contributed by atoms with E-state index < -0.39 is 12.5 Å². The lowest BCUT2D eigenvalue weighted by molar-refractivity contribution is 0.150. The number of benzene rings is 1. The van der Waals surface area contributed by atoms with Gasteiger partial charge in [-0.15, -0.1) is 0 Å².